The van der Waals surface area contributed by atoms with Crippen molar-refractivity contribution >= 4 is 81.7 Å². The molecule has 7 aromatic rings. The number of hydrogen-bond acceptors (Lipinski definition) is 3. The van der Waals surface area contributed by atoms with Crippen LogP contribution in [0, 0.1) is 0 Å². The molecule has 198 valence electrons. The first-order chi connectivity index (χ1) is 20.4. The van der Waals surface area contributed by atoms with Crippen molar-refractivity contribution in [3.63, 3.8) is 0 Å². The van der Waals surface area contributed by atoms with Crippen LogP contribution in [0.15, 0.2) is 156 Å². The third-order valence-electron chi connectivity index (χ3n) is 6.88. The highest BCUT2D eigenvalue weighted by atomic mass is 32.1. The molecule has 0 amide bonds. The fraction of sp³-hybridized carbons (Fsp3) is 0. The van der Waals surface area contributed by atoms with Crippen LogP contribution >= 0.6 is 49.9 Å². The molecule has 0 aliphatic carbocycles. The Labute approximate surface area is 256 Å². The third-order valence-corrected chi connectivity index (χ3v) is 15.4. The molecule has 0 bridgehead atoms. The summed E-state index contributed by atoms with van der Waals surface area (Å²) in [5.41, 5.74) is 0. The Bertz CT molecular complexity index is 1620. The second-order valence-corrected chi connectivity index (χ2v) is 16.7. The van der Waals surface area contributed by atoms with E-state index in [2.05, 4.69) is 156 Å². The van der Waals surface area contributed by atoms with Crippen molar-refractivity contribution in [2.45, 2.75) is 0 Å². The Morgan fingerprint density at radius 2 is 0.659 bits per heavy atom. The number of thiophene rings is 3. The SMILES string of the molecule is c1ccc(P(c2ccccc2)c2ccsc2-c2ccc(-c3sccc3P(c3ccccc3)c3ccccc3)s2)cc1. The maximum Gasteiger partial charge on any atom is 0.0526 e. The summed E-state index contributed by atoms with van der Waals surface area (Å²) in [6.07, 6.45) is 0. The lowest BCUT2D eigenvalue weighted by molar-refractivity contribution is 1.75. The molecule has 0 N–H and O–H groups in total. The minimum Gasteiger partial charge on any atom is -0.142 e. The van der Waals surface area contributed by atoms with Crippen LogP contribution in [-0.2, 0) is 0 Å². The van der Waals surface area contributed by atoms with Gasteiger partial charge >= 0.3 is 0 Å². The van der Waals surface area contributed by atoms with E-state index >= 15 is 0 Å². The highest BCUT2D eigenvalue weighted by molar-refractivity contribution is 7.81. The van der Waals surface area contributed by atoms with E-state index < -0.39 is 15.8 Å². The van der Waals surface area contributed by atoms with Crippen LogP contribution in [0.2, 0.25) is 0 Å². The molecule has 0 spiro atoms. The van der Waals surface area contributed by atoms with Gasteiger partial charge < -0.3 is 0 Å². The van der Waals surface area contributed by atoms with E-state index in [4.69, 9.17) is 0 Å². The van der Waals surface area contributed by atoms with E-state index in [-0.39, 0.29) is 0 Å². The minimum atomic E-state index is -0.643. The highest BCUT2D eigenvalue weighted by Crippen LogP contribution is 2.45. The number of hydrogen-bond donors (Lipinski definition) is 0. The topological polar surface area (TPSA) is 0 Å². The molecule has 0 saturated carbocycles. The Morgan fingerprint density at radius 1 is 0.341 bits per heavy atom. The predicted octanol–water partition coefficient (Wildman–Crippen LogP) is 8.72. The van der Waals surface area contributed by atoms with Crippen LogP contribution in [-0.4, -0.2) is 0 Å². The van der Waals surface area contributed by atoms with Gasteiger partial charge in [0.05, 0.1) is 9.75 Å². The van der Waals surface area contributed by atoms with E-state index in [9.17, 15) is 0 Å². The van der Waals surface area contributed by atoms with Crippen LogP contribution in [0.1, 0.15) is 0 Å². The smallest absolute Gasteiger partial charge is 0.0526 e. The van der Waals surface area contributed by atoms with Gasteiger partial charge in [-0.25, -0.2) is 0 Å². The molecule has 0 aliphatic rings. The monoisotopic (exact) mass is 616 g/mol. The third kappa shape index (κ3) is 5.54. The van der Waals surface area contributed by atoms with E-state index in [1.165, 1.54) is 51.3 Å². The second-order valence-electron chi connectivity index (χ2n) is 9.45. The first-order valence-corrected chi connectivity index (χ1v) is 18.7. The van der Waals surface area contributed by atoms with Gasteiger partial charge in [0.25, 0.3) is 0 Å². The maximum atomic E-state index is 2.35. The Balaban J connectivity index is 1.30. The quantitative estimate of drug-likeness (QED) is 0.150. The van der Waals surface area contributed by atoms with Gasteiger partial charge in [-0.1, -0.05) is 121 Å². The molecule has 0 saturated heterocycles. The van der Waals surface area contributed by atoms with Crippen molar-refractivity contribution in [3.8, 4) is 19.5 Å². The molecular weight excluding hydrogens is 591 g/mol. The summed E-state index contributed by atoms with van der Waals surface area (Å²) in [5, 5.41) is 13.0. The number of benzene rings is 4. The van der Waals surface area contributed by atoms with Crippen molar-refractivity contribution in [1.29, 1.82) is 0 Å². The maximum absolute atomic E-state index is 2.35. The predicted molar refractivity (Wildman–Crippen MR) is 188 cm³/mol. The molecule has 5 heteroatoms. The molecule has 0 radical (unpaired) electrons. The summed E-state index contributed by atoms with van der Waals surface area (Å²) in [5.74, 6) is 0. The molecule has 41 heavy (non-hydrogen) atoms. The lowest BCUT2D eigenvalue weighted by atomic mass is 10.3. The first kappa shape index (κ1) is 26.7. The lowest BCUT2D eigenvalue weighted by Gasteiger charge is -2.19. The molecular formula is C36H26P2S3. The lowest BCUT2D eigenvalue weighted by Crippen LogP contribution is -2.20. The summed E-state index contributed by atoms with van der Waals surface area (Å²) in [7, 11) is -1.29. The van der Waals surface area contributed by atoms with Crippen LogP contribution in [0.4, 0.5) is 0 Å². The Kier molecular flexibility index (Phi) is 8.06. The molecule has 0 atom stereocenters. The van der Waals surface area contributed by atoms with E-state index in [0.29, 0.717) is 0 Å². The van der Waals surface area contributed by atoms with Gasteiger partial charge in [-0.3, -0.25) is 0 Å². The Morgan fingerprint density at radius 3 is 0.976 bits per heavy atom. The van der Waals surface area contributed by atoms with Gasteiger partial charge in [-0.15, -0.1) is 34.0 Å². The molecule has 4 aromatic carbocycles. The van der Waals surface area contributed by atoms with E-state index in [0.717, 1.165) is 0 Å². The number of rotatable bonds is 8. The van der Waals surface area contributed by atoms with Crippen molar-refractivity contribution in [3.05, 3.63) is 156 Å². The molecule has 0 nitrogen and oxygen atoms in total. The van der Waals surface area contributed by atoms with Crippen molar-refractivity contribution in [2.75, 3.05) is 0 Å². The van der Waals surface area contributed by atoms with Crippen molar-refractivity contribution in [2.24, 2.45) is 0 Å². The molecule has 0 aliphatic heterocycles. The van der Waals surface area contributed by atoms with Gasteiger partial charge in [0.1, 0.15) is 0 Å². The first-order valence-electron chi connectivity index (χ1n) is 13.4. The second kappa shape index (κ2) is 12.4. The molecule has 0 unspecified atom stereocenters. The zero-order valence-corrected chi connectivity index (χ0v) is 26.4. The average Bonchev–Trinajstić information content (AvgIpc) is 3.81. The fourth-order valence-electron chi connectivity index (χ4n) is 5.07. The summed E-state index contributed by atoms with van der Waals surface area (Å²) >= 11 is 5.67. The summed E-state index contributed by atoms with van der Waals surface area (Å²) < 4.78 is 0. The highest BCUT2D eigenvalue weighted by Gasteiger charge is 2.24. The zero-order valence-electron chi connectivity index (χ0n) is 22.1. The minimum absolute atomic E-state index is 0.643. The van der Waals surface area contributed by atoms with Gasteiger partial charge in [0.15, 0.2) is 0 Å². The molecule has 0 fully saturated rings. The van der Waals surface area contributed by atoms with Crippen LogP contribution in [0.25, 0.3) is 19.5 Å². The van der Waals surface area contributed by atoms with Gasteiger partial charge in [-0.05, 0) is 72.1 Å². The normalized spacial score (nSPS) is 11.4. The van der Waals surface area contributed by atoms with E-state index in [1.54, 1.807) is 0 Å². The summed E-state index contributed by atoms with van der Waals surface area (Å²) in [6, 6.07) is 53.4. The standard InChI is InChI=1S/C36H26P2S3/c1-5-13-27(14-6-1)37(28-15-7-2-8-16-28)31-23-25-39-35(31)33-21-22-34(41-33)36-32(24-26-40-36)38(29-17-9-3-10-18-29)30-19-11-4-12-20-30/h1-26H. The van der Waals surface area contributed by atoms with Crippen molar-refractivity contribution in [1.82, 2.24) is 0 Å². The summed E-state index contributed by atoms with van der Waals surface area (Å²) in [6.45, 7) is 0. The van der Waals surface area contributed by atoms with Crippen LogP contribution in [0.5, 0.6) is 0 Å². The molecule has 3 heterocycles. The average molecular weight is 617 g/mol. The summed E-state index contributed by atoms with van der Waals surface area (Å²) in [4.78, 5) is 5.50. The van der Waals surface area contributed by atoms with Gasteiger partial charge in [-0.2, -0.15) is 0 Å². The van der Waals surface area contributed by atoms with Crippen LogP contribution in [0.3, 0.4) is 0 Å². The van der Waals surface area contributed by atoms with E-state index in [1.807, 2.05) is 34.0 Å². The largest absolute Gasteiger partial charge is 0.142 e. The fourth-order valence-corrected chi connectivity index (χ4v) is 13.9. The molecule has 7 rings (SSSR count). The van der Waals surface area contributed by atoms with Crippen LogP contribution < -0.4 is 31.8 Å². The van der Waals surface area contributed by atoms with Gasteiger partial charge in [0.2, 0.25) is 0 Å². The zero-order chi connectivity index (χ0) is 27.4. The van der Waals surface area contributed by atoms with Crippen molar-refractivity contribution < 1.29 is 0 Å². The molecule has 3 aromatic heterocycles. The Hall–Kier alpha value is -3.16. The van der Waals surface area contributed by atoms with Gasteiger partial charge in [0, 0.05) is 20.4 Å².